The van der Waals surface area contributed by atoms with E-state index in [0.29, 0.717) is 0 Å². The first-order chi connectivity index (χ1) is 12.0. The second-order valence-electron chi connectivity index (χ2n) is 6.88. The molecule has 0 aliphatic rings. The van der Waals surface area contributed by atoms with E-state index >= 15 is 0 Å². The van der Waals surface area contributed by atoms with Gasteiger partial charge in [0.1, 0.15) is 7.05 Å². The molecular weight excluding hydrogens is 308 g/mol. The van der Waals surface area contributed by atoms with Crippen molar-refractivity contribution < 1.29 is 8.98 Å². The van der Waals surface area contributed by atoms with Crippen LogP contribution in [0.2, 0.25) is 0 Å². The van der Waals surface area contributed by atoms with Crippen molar-refractivity contribution in [2.24, 2.45) is 7.05 Å². The number of benzene rings is 1. The highest BCUT2D eigenvalue weighted by Crippen LogP contribution is 2.36. The minimum atomic E-state index is 0.729. The molecule has 4 rings (SSSR count). The molecule has 0 saturated carbocycles. The lowest BCUT2D eigenvalue weighted by Gasteiger charge is -2.07. The number of pyridine rings is 2. The van der Waals surface area contributed by atoms with Gasteiger partial charge in [0, 0.05) is 28.1 Å². The van der Waals surface area contributed by atoms with E-state index in [9.17, 15) is 0 Å². The maximum atomic E-state index is 6.26. The molecular formula is C22H23N2O+. The first-order valence-electron chi connectivity index (χ1n) is 8.78. The van der Waals surface area contributed by atoms with Crippen molar-refractivity contribution in [2.75, 3.05) is 0 Å². The van der Waals surface area contributed by atoms with Gasteiger partial charge >= 0.3 is 0 Å². The van der Waals surface area contributed by atoms with Gasteiger partial charge in [-0.05, 0) is 50.5 Å². The zero-order valence-corrected chi connectivity index (χ0v) is 15.5. The van der Waals surface area contributed by atoms with E-state index in [4.69, 9.17) is 4.42 Å². The summed E-state index contributed by atoms with van der Waals surface area (Å²) >= 11 is 0. The molecule has 0 spiro atoms. The standard InChI is InChI=1S/C22H23N2O/c1-6-16-8-10-18-17-9-7-13(2)20(21(17)25-22(18)23-16)19-11-14(3)15(4)12-24(19)5/h7-12H,6H2,1-5H3/q+1. The summed E-state index contributed by atoms with van der Waals surface area (Å²) in [5.41, 5.74) is 8.81. The fourth-order valence-corrected chi connectivity index (χ4v) is 3.50. The van der Waals surface area contributed by atoms with Crippen LogP contribution in [-0.4, -0.2) is 4.98 Å². The van der Waals surface area contributed by atoms with E-state index in [0.717, 1.165) is 39.7 Å². The lowest BCUT2D eigenvalue weighted by molar-refractivity contribution is -0.660. The average Bonchev–Trinajstić information content (AvgIpc) is 2.96. The van der Waals surface area contributed by atoms with Crippen LogP contribution in [0, 0.1) is 20.8 Å². The zero-order chi connectivity index (χ0) is 17.7. The lowest BCUT2D eigenvalue weighted by Crippen LogP contribution is -2.31. The SMILES string of the molecule is CCc1ccc2c(n1)oc1c(-c3cc(C)c(C)c[n+]3C)c(C)ccc12. The normalized spacial score (nSPS) is 11.6. The molecule has 0 atom stereocenters. The molecule has 3 aromatic heterocycles. The molecule has 3 heteroatoms. The van der Waals surface area contributed by atoms with Gasteiger partial charge in [0.2, 0.25) is 11.4 Å². The van der Waals surface area contributed by atoms with E-state index < -0.39 is 0 Å². The van der Waals surface area contributed by atoms with Crippen molar-refractivity contribution in [3.05, 3.63) is 58.9 Å². The Hall–Kier alpha value is -2.68. The summed E-state index contributed by atoms with van der Waals surface area (Å²) < 4.78 is 8.44. The Morgan fingerprint density at radius 1 is 0.960 bits per heavy atom. The van der Waals surface area contributed by atoms with Crippen LogP contribution < -0.4 is 4.57 Å². The molecule has 0 bridgehead atoms. The third kappa shape index (κ3) is 2.42. The molecule has 25 heavy (non-hydrogen) atoms. The fraction of sp³-hybridized carbons (Fsp3) is 0.273. The number of aryl methyl sites for hydroxylation is 5. The predicted molar refractivity (Wildman–Crippen MR) is 102 cm³/mol. The van der Waals surface area contributed by atoms with E-state index in [2.05, 4.69) is 80.8 Å². The van der Waals surface area contributed by atoms with Gasteiger partial charge < -0.3 is 4.42 Å². The zero-order valence-electron chi connectivity index (χ0n) is 15.5. The highest BCUT2D eigenvalue weighted by Gasteiger charge is 2.21. The smallest absolute Gasteiger partial charge is 0.227 e. The van der Waals surface area contributed by atoms with Gasteiger partial charge in [-0.2, -0.15) is 0 Å². The second kappa shape index (κ2) is 5.69. The van der Waals surface area contributed by atoms with Crippen LogP contribution in [0.3, 0.4) is 0 Å². The van der Waals surface area contributed by atoms with Gasteiger partial charge in [-0.25, -0.2) is 9.55 Å². The molecule has 1 aromatic carbocycles. The Morgan fingerprint density at radius 3 is 2.48 bits per heavy atom. The number of rotatable bonds is 2. The fourth-order valence-electron chi connectivity index (χ4n) is 3.50. The third-order valence-corrected chi connectivity index (χ3v) is 5.13. The first-order valence-corrected chi connectivity index (χ1v) is 8.78. The molecule has 0 saturated heterocycles. The van der Waals surface area contributed by atoms with Crippen molar-refractivity contribution in [1.82, 2.24) is 4.98 Å². The van der Waals surface area contributed by atoms with E-state index in [1.807, 2.05) is 0 Å². The predicted octanol–water partition coefficient (Wildman–Crippen LogP) is 4.96. The molecule has 0 unspecified atom stereocenters. The largest absolute Gasteiger partial charge is 0.437 e. The summed E-state index contributed by atoms with van der Waals surface area (Å²) in [4.78, 5) is 4.68. The molecule has 3 heterocycles. The van der Waals surface area contributed by atoms with Crippen molar-refractivity contribution >= 4 is 22.1 Å². The molecule has 3 nitrogen and oxygen atoms in total. The lowest BCUT2D eigenvalue weighted by atomic mass is 9.99. The van der Waals surface area contributed by atoms with E-state index in [1.165, 1.54) is 22.4 Å². The summed E-state index contributed by atoms with van der Waals surface area (Å²) in [6.45, 7) is 8.55. The van der Waals surface area contributed by atoms with Gasteiger partial charge in [-0.15, -0.1) is 0 Å². The van der Waals surface area contributed by atoms with Crippen LogP contribution in [0.4, 0.5) is 0 Å². The third-order valence-electron chi connectivity index (χ3n) is 5.13. The molecule has 0 radical (unpaired) electrons. The summed E-state index contributed by atoms with van der Waals surface area (Å²) in [6, 6.07) is 10.8. The molecule has 0 aliphatic heterocycles. The quantitative estimate of drug-likeness (QED) is 0.486. The second-order valence-corrected chi connectivity index (χ2v) is 6.88. The van der Waals surface area contributed by atoms with E-state index in [-0.39, 0.29) is 0 Å². The Balaban J connectivity index is 2.10. The van der Waals surface area contributed by atoms with Crippen molar-refractivity contribution in [2.45, 2.75) is 34.1 Å². The highest BCUT2D eigenvalue weighted by molar-refractivity contribution is 6.08. The maximum Gasteiger partial charge on any atom is 0.227 e. The molecule has 0 aliphatic carbocycles. The van der Waals surface area contributed by atoms with Crippen LogP contribution in [0.15, 0.2) is 40.9 Å². The number of hydrogen-bond acceptors (Lipinski definition) is 2. The topological polar surface area (TPSA) is 29.9 Å². The Bertz CT molecular complexity index is 1120. The number of fused-ring (bicyclic) bond motifs is 3. The Labute approximate surface area is 147 Å². The number of aromatic nitrogens is 2. The summed E-state index contributed by atoms with van der Waals surface area (Å²) in [5, 5.41) is 2.21. The number of nitrogens with zero attached hydrogens (tertiary/aromatic N) is 2. The highest BCUT2D eigenvalue weighted by atomic mass is 16.3. The monoisotopic (exact) mass is 331 g/mol. The minimum absolute atomic E-state index is 0.729. The van der Waals surface area contributed by atoms with Crippen LogP contribution >= 0.6 is 0 Å². The van der Waals surface area contributed by atoms with Crippen LogP contribution in [-0.2, 0) is 13.5 Å². The maximum absolute atomic E-state index is 6.26. The number of hydrogen-bond donors (Lipinski definition) is 0. The summed E-state index contributed by atoms with van der Waals surface area (Å²) in [7, 11) is 2.09. The molecule has 4 aromatic rings. The van der Waals surface area contributed by atoms with Crippen molar-refractivity contribution in [3.63, 3.8) is 0 Å². The molecule has 0 fully saturated rings. The number of furan rings is 1. The van der Waals surface area contributed by atoms with Crippen molar-refractivity contribution in [1.29, 1.82) is 0 Å². The van der Waals surface area contributed by atoms with Gasteiger partial charge in [-0.3, -0.25) is 0 Å². The van der Waals surface area contributed by atoms with Crippen LogP contribution in [0.1, 0.15) is 29.3 Å². The first kappa shape index (κ1) is 15.8. The Morgan fingerprint density at radius 2 is 1.72 bits per heavy atom. The van der Waals surface area contributed by atoms with Gasteiger partial charge in [0.25, 0.3) is 0 Å². The molecule has 126 valence electrons. The summed E-state index contributed by atoms with van der Waals surface area (Å²) in [5.74, 6) is 0. The van der Waals surface area contributed by atoms with E-state index in [1.54, 1.807) is 0 Å². The minimum Gasteiger partial charge on any atom is -0.437 e. The van der Waals surface area contributed by atoms with Gasteiger partial charge in [0.05, 0.1) is 5.56 Å². The summed E-state index contributed by atoms with van der Waals surface area (Å²) in [6.07, 6.45) is 3.09. The molecule has 0 amide bonds. The van der Waals surface area contributed by atoms with Gasteiger partial charge in [0.15, 0.2) is 11.8 Å². The van der Waals surface area contributed by atoms with Crippen LogP contribution in [0.5, 0.6) is 0 Å². The average molecular weight is 331 g/mol. The Kier molecular flexibility index (Phi) is 3.60. The van der Waals surface area contributed by atoms with Crippen LogP contribution in [0.25, 0.3) is 33.3 Å². The van der Waals surface area contributed by atoms with Gasteiger partial charge in [-0.1, -0.05) is 19.1 Å². The van der Waals surface area contributed by atoms with Crippen molar-refractivity contribution in [3.8, 4) is 11.3 Å². The molecule has 0 N–H and O–H groups in total.